The van der Waals surface area contributed by atoms with Gasteiger partial charge in [0, 0.05) is 24.0 Å². The Hall–Kier alpha value is -2.93. The van der Waals surface area contributed by atoms with Crippen molar-refractivity contribution in [2.75, 3.05) is 13.7 Å². The summed E-state index contributed by atoms with van der Waals surface area (Å²) < 4.78 is 10.9. The zero-order valence-corrected chi connectivity index (χ0v) is 16.1. The molecule has 0 fully saturated rings. The third kappa shape index (κ3) is 5.27. The number of ether oxygens (including phenoxy) is 2. The van der Waals surface area contributed by atoms with Gasteiger partial charge in [-0.2, -0.15) is 0 Å². The predicted molar refractivity (Wildman–Crippen MR) is 104 cm³/mol. The maximum absolute atomic E-state index is 12.3. The van der Waals surface area contributed by atoms with E-state index in [4.69, 9.17) is 9.47 Å². The molecular weight excluding hydrogens is 362 g/mol. The van der Waals surface area contributed by atoms with Gasteiger partial charge in [-0.05, 0) is 31.2 Å². The van der Waals surface area contributed by atoms with Crippen molar-refractivity contribution in [3.63, 3.8) is 0 Å². The van der Waals surface area contributed by atoms with E-state index in [0.29, 0.717) is 30.9 Å². The summed E-state index contributed by atoms with van der Waals surface area (Å²) in [5.41, 5.74) is 2.41. The molecule has 1 aromatic carbocycles. The molecule has 2 heterocycles. The zero-order valence-electron chi connectivity index (χ0n) is 15.3. The number of rotatable bonds is 8. The molecule has 0 unspecified atom stereocenters. The molecule has 0 saturated heterocycles. The highest BCUT2D eigenvalue weighted by Crippen LogP contribution is 2.17. The average Bonchev–Trinajstić information content (AvgIpc) is 3.15. The smallest absolute Gasteiger partial charge is 0.255 e. The Morgan fingerprint density at radius 1 is 1.22 bits per heavy atom. The second kappa shape index (κ2) is 9.14. The number of benzene rings is 1. The third-order valence-electron chi connectivity index (χ3n) is 3.86. The van der Waals surface area contributed by atoms with Crippen LogP contribution in [-0.2, 0) is 13.0 Å². The van der Waals surface area contributed by atoms with Gasteiger partial charge in [-0.3, -0.25) is 9.78 Å². The van der Waals surface area contributed by atoms with Crippen LogP contribution in [0.4, 0.5) is 0 Å². The van der Waals surface area contributed by atoms with E-state index >= 15 is 0 Å². The summed E-state index contributed by atoms with van der Waals surface area (Å²) in [7, 11) is 1.55. The first-order chi connectivity index (χ1) is 13.2. The van der Waals surface area contributed by atoms with Crippen LogP contribution >= 0.6 is 11.3 Å². The molecule has 7 heteroatoms. The number of thiazole rings is 1. The number of methoxy groups -OCH3 is 1. The molecule has 140 valence electrons. The van der Waals surface area contributed by atoms with Gasteiger partial charge in [0.2, 0.25) is 0 Å². The van der Waals surface area contributed by atoms with Crippen LogP contribution in [0.3, 0.4) is 0 Å². The number of nitrogens with one attached hydrogen (secondary N) is 1. The van der Waals surface area contributed by atoms with Gasteiger partial charge < -0.3 is 14.8 Å². The molecule has 27 heavy (non-hydrogen) atoms. The first-order valence-corrected chi connectivity index (χ1v) is 9.43. The number of hydrogen-bond acceptors (Lipinski definition) is 6. The highest BCUT2D eigenvalue weighted by Gasteiger charge is 2.11. The maximum atomic E-state index is 12.3. The molecule has 1 amide bonds. The SMILES string of the molecule is COc1ccccc1C(=O)NCCc1csc(COc2ccc(C)nc2)n1. The first kappa shape index (κ1) is 18.8. The van der Waals surface area contributed by atoms with Crippen LogP contribution < -0.4 is 14.8 Å². The second-order valence-corrected chi connectivity index (χ2v) is 6.81. The minimum absolute atomic E-state index is 0.155. The van der Waals surface area contributed by atoms with E-state index in [1.54, 1.807) is 36.8 Å². The van der Waals surface area contributed by atoms with Gasteiger partial charge in [0.1, 0.15) is 23.1 Å². The van der Waals surface area contributed by atoms with E-state index in [1.165, 1.54) is 0 Å². The van der Waals surface area contributed by atoms with E-state index in [0.717, 1.165) is 22.1 Å². The normalized spacial score (nSPS) is 10.4. The summed E-state index contributed by atoms with van der Waals surface area (Å²) in [6.45, 7) is 2.84. The van der Waals surface area contributed by atoms with Crippen LogP contribution in [0, 0.1) is 6.92 Å². The number of para-hydroxylation sites is 1. The number of hydrogen-bond donors (Lipinski definition) is 1. The van der Waals surface area contributed by atoms with Crippen molar-refractivity contribution < 1.29 is 14.3 Å². The fourth-order valence-corrected chi connectivity index (χ4v) is 3.19. The van der Waals surface area contributed by atoms with E-state index in [-0.39, 0.29) is 5.91 Å². The molecule has 6 nitrogen and oxygen atoms in total. The average molecular weight is 383 g/mol. The molecule has 0 radical (unpaired) electrons. The summed E-state index contributed by atoms with van der Waals surface area (Å²) in [4.78, 5) is 21.0. The fourth-order valence-electron chi connectivity index (χ4n) is 2.45. The number of aryl methyl sites for hydroxylation is 1. The Bertz CT molecular complexity index is 893. The summed E-state index contributed by atoms with van der Waals surface area (Å²) >= 11 is 1.54. The Morgan fingerprint density at radius 2 is 2.07 bits per heavy atom. The zero-order chi connectivity index (χ0) is 19.1. The number of aromatic nitrogens is 2. The lowest BCUT2D eigenvalue weighted by Crippen LogP contribution is -2.26. The summed E-state index contributed by atoms with van der Waals surface area (Å²) in [6.07, 6.45) is 2.36. The molecule has 3 aromatic rings. The highest BCUT2D eigenvalue weighted by molar-refractivity contribution is 7.09. The van der Waals surface area contributed by atoms with E-state index < -0.39 is 0 Å². The number of nitrogens with zero attached hydrogens (tertiary/aromatic N) is 2. The van der Waals surface area contributed by atoms with E-state index in [2.05, 4.69) is 15.3 Å². The summed E-state index contributed by atoms with van der Waals surface area (Å²) in [5, 5.41) is 5.78. The molecule has 0 atom stereocenters. The van der Waals surface area contributed by atoms with Gasteiger partial charge in [0.05, 0.1) is 24.6 Å². The molecule has 0 aliphatic rings. The number of carbonyl (C=O) groups is 1. The lowest BCUT2D eigenvalue weighted by Gasteiger charge is -2.08. The highest BCUT2D eigenvalue weighted by atomic mass is 32.1. The Balaban J connectivity index is 1.46. The fraction of sp³-hybridized carbons (Fsp3) is 0.250. The molecule has 0 aliphatic heterocycles. The Morgan fingerprint density at radius 3 is 2.85 bits per heavy atom. The Labute approximate surface area is 162 Å². The van der Waals surface area contributed by atoms with Crippen molar-refractivity contribution in [1.29, 1.82) is 0 Å². The lowest BCUT2D eigenvalue weighted by atomic mass is 10.2. The van der Waals surface area contributed by atoms with E-state index in [9.17, 15) is 4.79 Å². The largest absolute Gasteiger partial charge is 0.496 e. The maximum Gasteiger partial charge on any atom is 0.255 e. The predicted octanol–water partition coefficient (Wildman–Crippen LogP) is 3.41. The van der Waals surface area contributed by atoms with Crippen molar-refractivity contribution in [3.05, 3.63) is 69.9 Å². The number of pyridine rings is 1. The quantitative estimate of drug-likeness (QED) is 0.645. The van der Waals surface area contributed by atoms with Crippen LogP contribution in [0.15, 0.2) is 48.0 Å². The number of carbonyl (C=O) groups excluding carboxylic acids is 1. The standard InChI is InChI=1S/C20H21N3O3S/c1-14-7-8-16(11-22-14)26-12-19-23-15(13-27-19)9-10-21-20(24)17-5-3-4-6-18(17)25-2/h3-8,11,13H,9-10,12H2,1-2H3,(H,21,24). The van der Waals surface area contributed by atoms with E-state index in [1.807, 2.05) is 36.6 Å². The van der Waals surface area contributed by atoms with Gasteiger partial charge in [0.15, 0.2) is 0 Å². The molecule has 0 saturated carbocycles. The molecule has 0 spiro atoms. The lowest BCUT2D eigenvalue weighted by molar-refractivity contribution is 0.0951. The number of amides is 1. The van der Waals surface area contributed by atoms with Crippen LogP contribution in [0.25, 0.3) is 0 Å². The minimum Gasteiger partial charge on any atom is -0.496 e. The van der Waals surface area contributed by atoms with Crippen molar-refractivity contribution in [2.24, 2.45) is 0 Å². The monoisotopic (exact) mass is 383 g/mol. The Kier molecular flexibility index (Phi) is 6.38. The molecule has 3 rings (SSSR count). The molecule has 1 N–H and O–H groups in total. The van der Waals surface area contributed by atoms with Crippen LogP contribution in [0.5, 0.6) is 11.5 Å². The molecule has 0 aliphatic carbocycles. The van der Waals surface area contributed by atoms with Crippen molar-refractivity contribution in [1.82, 2.24) is 15.3 Å². The van der Waals surface area contributed by atoms with Crippen molar-refractivity contribution >= 4 is 17.2 Å². The molecule has 2 aromatic heterocycles. The second-order valence-electron chi connectivity index (χ2n) is 5.86. The van der Waals surface area contributed by atoms with Gasteiger partial charge in [0.25, 0.3) is 5.91 Å². The van der Waals surface area contributed by atoms with Gasteiger partial charge >= 0.3 is 0 Å². The topological polar surface area (TPSA) is 73.3 Å². The van der Waals surface area contributed by atoms with Gasteiger partial charge in [-0.15, -0.1) is 11.3 Å². The van der Waals surface area contributed by atoms with Crippen LogP contribution in [0.2, 0.25) is 0 Å². The first-order valence-electron chi connectivity index (χ1n) is 8.55. The van der Waals surface area contributed by atoms with Crippen molar-refractivity contribution in [2.45, 2.75) is 20.0 Å². The van der Waals surface area contributed by atoms with Gasteiger partial charge in [-0.1, -0.05) is 12.1 Å². The summed E-state index contributed by atoms with van der Waals surface area (Å²) in [5.74, 6) is 1.13. The molecular formula is C20H21N3O3S. The van der Waals surface area contributed by atoms with Crippen molar-refractivity contribution in [3.8, 4) is 11.5 Å². The van der Waals surface area contributed by atoms with Crippen LogP contribution in [-0.4, -0.2) is 29.5 Å². The summed E-state index contributed by atoms with van der Waals surface area (Å²) in [6, 6.07) is 11.0. The third-order valence-corrected chi connectivity index (χ3v) is 4.74. The molecule has 0 bridgehead atoms. The van der Waals surface area contributed by atoms with Gasteiger partial charge in [-0.25, -0.2) is 4.98 Å². The van der Waals surface area contributed by atoms with Crippen LogP contribution in [0.1, 0.15) is 26.8 Å². The minimum atomic E-state index is -0.155.